The summed E-state index contributed by atoms with van der Waals surface area (Å²) < 4.78 is 14.1. The third kappa shape index (κ3) is 1.65. The summed E-state index contributed by atoms with van der Waals surface area (Å²) in [4.78, 5) is 11.7. The summed E-state index contributed by atoms with van der Waals surface area (Å²) in [5.74, 6) is -1.47. The first-order valence-corrected chi connectivity index (χ1v) is 8.14. The number of carbonyl (C=O) groups is 1. The molecule has 1 aromatic heterocycles. The zero-order chi connectivity index (χ0) is 17.3. The Morgan fingerprint density at radius 1 is 1.25 bits per heavy atom. The van der Waals surface area contributed by atoms with E-state index in [0.717, 1.165) is 11.3 Å². The van der Waals surface area contributed by atoms with Crippen molar-refractivity contribution < 1.29 is 14.3 Å². The Bertz CT molecular complexity index is 864. The van der Waals surface area contributed by atoms with Gasteiger partial charge < -0.3 is 5.11 Å². The molecule has 24 heavy (non-hydrogen) atoms. The normalized spacial score (nSPS) is 29.5. The van der Waals surface area contributed by atoms with Crippen LogP contribution in [-0.4, -0.2) is 21.3 Å². The van der Waals surface area contributed by atoms with Crippen LogP contribution in [-0.2, 0) is 10.2 Å². The van der Waals surface area contributed by atoms with Gasteiger partial charge >= 0.3 is 5.97 Å². The smallest absolute Gasteiger partial charge is 0.307 e. The van der Waals surface area contributed by atoms with E-state index in [-0.39, 0.29) is 17.2 Å². The number of nitrogens with zero attached hydrogens (tertiary/aromatic N) is 2. The molecular weight excluding hydrogens is 307 g/mol. The molecule has 0 aliphatic heterocycles. The SMILES string of the molecule is CC1(C)[C@H]2C[C@@H](C(=O)O)C1(C)c1nnc(-c3ccccc3F)cc12. The number of aliphatic carboxylic acids is 1. The molecule has 0 saturated heterocycles. The van der Waals surface area contributed by atoms with Gasteiger partial charge in [0, 0.05) is 11.0 Å². The average Bonchev–Trinajstić information content (AvgIpc) is 2.84. The molecule has 2 aliphatic carbocycles. The van der Waals surface area contributed by atoms with Crippen LogP contribution in [0.4, 0.5) is 4.39 Å². The van der Waals surface area contributed by atoms with Crippen molar-refractivity contribution in [2.45, 2.75) is 38.5 Å². The van der Waals surface area contributed by atoms with Crippen molar-refractivity contribution in [3.63, 3.8) is 0 Å². The van der Waals surface area contributed by atoms with Crippen LogP contribution in [0.5, 0.6) is 0 Å². The van der Waals surface area contributed by atoms with Gasteiger partial charge in [-0.1, -0.05) is 32.9 Å². The van der Waals surface area contributed by atoms with Gasteiger partial charge in [-0.2, -0.15) is 10.2 Å². The Balaban J connectivity index is 1.89. The lowest BCUT2D eigenvalue weighted by Gasteiger charge is -2.37. The summed E-state index contributed by atoms with van der Waals surface area (Å²) in [6.45, 7) is 6.19. The van der Waals surface area contributed by atoms with Crippen molar-refractivity contribution in [2.75, 3.05) is 0 Å². The number of hydrogen-bond acceptors (Lipinski definition) is 3. The zero-order valence-corrected chi connectivity index (χ0v) is 13.9. The molecule has 1 fully saturated rings. The van der Waals surface area contributed by atoms with Crippen molar-refractivity contribution in [3.05, 3.63) is 47.4 Å². The monoisotopic (exact) mass is 326 g/mol. The van der Waals surface area contributed by atoms with E-state index < -0.39 is 17.3 Å². The van der Waals surface area contributed by atoms with Crippen molar-refractivity contribution >= 4 is 5.97 Å². The summed E-state index contributed by atoms with van der Waals surface area (Å²) >= 11 is 0. The van der Waals surface area contributed by atoms with Gasteiger partial charge in [0.2, 0.25) is 0 Å². The minimum atomic E-state index is -0.779. The molecular formula is C19H19FN2O2. The van der Waals surface area contributed by atoms with Crippen LogP contribution in [0.15, 0.2) is 30.3 Å². The number of hydrogen-bond donors (Lipinski definition) is 1. The maximum absolute atomic E-state index is 14.1. The van der Waals surface area contributed by atoms with Gasteiger partial charge in [0.25, 0.3) is 0 Å². The van der Waals surface area contributed by atoms with Crippen LogP contribution in [0.3, 0.4) is 0 Å². The Labute approximate surface area is 139 Å². The second kappa shape index (κ2) is 4.62. The topological polar surface area (TPSA) is 63.1 Å². The second-order valence-corrected chi connectivity index (χ2v) is 7.62. The molecule has 2 aromatic rings. The van der Waals surface area contributed by atoms with E-state index in [0.29, 0.717) is 17.7 Å². The molecule has 1 aromatic carbocycles. The van der Waals surface area contributed by atoms with Gasteiger partial charge in [-0.05, 0) is 41.5 Å². The first-order chi connectivity index (χ1) is 11.3. The molecule has 124 valence electrons. The highest BCUT2D eigenvalue weighted by Crippen LogP contribution is 2.69. The summed E-state index contributed by atoms with van der Waals surface area (Å²) in [5, 5.41) is 18.2. The predicted molar refractivity (Wildman–Crippen MR) is 87.0 cm³/mol. The third-order valence-corrected chi connectivity index (χ3v) is 6.52. The lowest BCUT2D eigenvalue weighted by Crippen LogP contribution is -2.41. The predicted octanol–water partition coefficient (Wildman–Crippen LogP) is 3.77. The molecule has 0 amide bonds. The quantitative estimate of drug-likeness (QED) is 0.912. The fourth-order valence-corrected chi connectivity index (χ4v) is 4.79. The van der Waals surface area contributed by atoms with Crippen LogP contribution in [0.1, 0.15) is 44.4 Å². The Morgan fingerprint density at radius 3 is 2.62 bits per heavy atom. The number of benzene rings is 1. The first-order valence-electron chi connectivity index (χ1n) is 8.14. The minimum Gasteiger partial charge on any atom is -0.481 e. The minimum absolute atomic E-state index is 0.0969. The lowest BCUT2D eigenvalue weighted by molar-refractivity contribution is -0.144. The fraction of sp³-hybridized carbons (Fsp3) is 0.421. The van der Waals surface area contributed by atoms with E-state index in [2.05, 4.69) is 24.0 Å². The fourth-order valence-electron chi connectivity index (χ4n) is 4.79. The van der Waals surface area contributed by atoms with E-state index in [1.165, 1.54) is 6.07 Å². The summed E-state index contributed by atoms with van der Waals surface area (Å²) in [6.07, 6.45) is 0.592. The van der Waals surface area contributed by atoms with Crippen molar-refractivity contribution in [3.8, 4) is 11.3 Å². The highest BCUT2D eigenvalue weighted by atomic mass is 19.1. The average molecular weight is 326 g/mol. The highest BCUT2D eigenvalue weighted by molar-refractivity contribution is 5.76. The second-order valence-electron chi connectivity index (χ2n) is 7.62. The molecule has 2 aliphatic rings. The molecule has 1 saturated carbocycles. The summed E-state index contributed by atoms with van der Waals surface area (Å²) in [6, 6.07) is 8.40. The Morgan fingerprint density at radius 2 is 1.96 bits per heavy atom. The molecule has 1 heterocycles. The van der Waals surface area contributed by atoms with Crippen LogP contribution in [0.25, 0.3) is 11.3 Å². The molecule has 1 unspecified atom stereocenters. The van der Waals surface area contributed by atoms with Crippen molar-refractivity contribution in [1.29, 1.82) is 0 Å². The number of rotatable bonds is 2. The lowest BCUT2D eigenvalue weighted by atomic mass is 9.66. The maximum atomic E-state index is 14.1. The molecule has 4 nitrogen and oxygen atoms in total. The van der Waals surface area contributed by atoms with Crippen LogP contribution < -0.4 is 0 Å². The standard InChI is InChI=1S/C19H19FN2O2/c1-18(2)12-9-13(17(23)24)19(18,3)16-11(12)8-15(21-22-16)10-6-4-5-7-14(10)20/h4-8,12-13H,9H2,1-3H3,(H,23,24)/t12-,13-,19?/m0/s1. The van der Waals surface area contributed by atoms with E-state index in [9.17, 15) is 14.3 Å². The van der Waals surface area contributed by atoms with Crippen LogP contribution in [0.2, 0.25) is 0 Å². The third-order valence-electron chi connectivity index (χ3n) is 6.52. The van der Waals surface area contributed by atoms with Crippen LogP contribution >= 0.6 is 0 Å². The Hall–Kier alpha value is -2.30. The van der Waals surface area contributed by atoms with Gasteiger partial charge in [-0.15, -0.1) is 0 Å². The summed E-state index contributed by atoms with van der Waals surface area (Å²) in [5.41, 5.74) is 1.93. The molecule has 0 radical (unpaired) electrons. The van der Waals surface area contributed by atoms with Crippen molar-refractivity contribution in [1.82, 2.24) is 10.2 Å². The van der Waals surface area contributed by atoms with E-state index >= 15 is 0 Å². The highest BCUT2D eigenvalue weighted by Gasteiger charge is 2.67. The van der Waals surface area contributed by atoms with Crippen molar-refractivity contribution in [2.24, 2.45) is 11.3 Å². The van der Waals surface area contributed by atoms with Gasteiger partial charge in [-0.25, -0.2) is 4.39 Å². The van der Waals surface area contributed by atoms with E-state index in [1.807, 2.05) is 13.0 Å². The van der Waals surface area contributed by atoms with Gasteiger partial charge in [0.05, 0.1) is 17.3 Å². The first kappa shape index (κ1) is 15.2. The number of carboxylic acid groups (broad SMARTS) is 1. The molecule has 0 spiro atoms. The number of fused-ring (bicyclic) bond motifs is 5. The Kier molecular flexibility index (Phi) is 2.93. The number of halogens is 1. The number of carboxylic acids is 1. The van der Waals surface area contributed by atoms with E-state index in [1.54, 1.807) is 18.2 Å². The summed E-state index contributed by atoms with van der Waals surface area (Å²) in [7, 11) is 0. The largest absolute Gasteiger partial charge is 0.481 e. The molecule has 3 atom stereocenters. The van der Waals surface area contributed by atoms with Gasteiger partial charge in [0.1, 0.15) is 5.82 Å². The molecule has 2 bridgehead atoms. The van der Waals surface area contributed by atoms with Crippen LogP contribution in [0, 0.1) is 17.2 Å². The number of aromatic nitrogens is 2. The molecule has 1 N–H and O–H groups in total. The molecule has 4 rings (SSSR count). The van der Waals surface area contributed by atoms with E-state index in [4.69, 9.17) is 0 Å². The molecule has 5 heteroatoms. The maximum Gasteiger partial charge on any atom is 0.307 e. The van der Waals surface area contributed by atoms with Gasteiger partial charge in [-0.3, -0.25) is 4.79 Å². The zero-order valence-electron chi connectivity index (χ0n) is 13.9. The van der Waals surface area contributed by atoms with Gasteiger partial charge in [0.15, 0.2) is 0 Å².